The van der Waals surface area contributed by atoms with Gasteiger partial charge in [-0.3, -0.25) is 0 Å². The first-order chi connectivity index (χ1) is 10.9. The Hall–Kier alpha value is -2.17. The lowest BCUT2D eigenvalue weighted by Gasteiger charge is -2.19. The first-order valence-electron chi connectivity index (χ1n) is 7.25. The first-order valence-corrected chi connectivity index (χ1v) is 8.19. The van der Waals surface area contributed by atoms with Crippen LogP contribution in [0, 0.1) is 0 Å². The smallest absolute Gasteiger partial charge is 0.119 e. The number of rotatable bonds is 7. The van der Waals surface area contributed by atoms with Crippen LogP contribution in [0.25, 0.3) is 0 Å². The maximum Gasteiger partial charge on any atom is 0.119 e. The van der Waals surface area contributed by atoms with Gasteiger partial charge in [0, 0.05) is 11.9 Å². The van der Waals surface area contributed by atoms with Gasteiger partial charge < -0.3 is 10.1 Å². The Balaban J connectivity index is 1.66. The zero-order chi connectivity index (χ0) is 15.0. The highest BCUT2D eigenvalue weighted by atomic mass is 32.1. The van der Waals surface area contributed by atoms with Gasteiger partial charge in [-0.05, 0) is 17.7 Å². The number of hydrogen-bond acceptors (Lipinski definition) is 4. The van der Waals surface area contributed by atoms with E-state index in [9.17, 15) is 0 Å². The molecular weight excluding hydrogens is 292 g/mol. The van der Waals surface area contributed by atoms with E-state index in [4.69, 9.17) is 4.74 Å². The van der Waals surface area contributed by atoms with Crippen molar-refractivity contribution in [1.82, 2.24) is 10.3 Å². The van der Waals surface area contributed by atoms with Crippen LogP contribution in [0.4, 0.5) is 0 Å². The van der Waals surface area contributed by atoms with Crippen molar-refractivity contribution in [3.8, 4) is 5.75 Å². The second-order valence-corrected chi connectivity index (χ2v) is 5.67. The highest BCUT2D eigenvalue weighted by molar-refractivity contribution is 7.07. The first kappa shape index (κ1) is 14.8. The molecule has 0 aliphatic heterocycles. The van der Waals surface area contributed by atoms with Crippen LogP contribution in [-0.4, -0.2) is 11.6 Å². The lowest BCUT2D eigenvalue weighted by atomic mass is 10.1. The SMILES string of the molecule is c1ccc(OC[C@@H](NCc2cscn2)c2ccccc2)cc1. The summed E-state index contributed by atoms with van der Waals surface area (Å²) >= 11 is 1.61. The molecule has 0 radical (unpaired) electrons. The molecule has 0 aliphatic carbocycles. The monoisotopic (exact) mass is 310 g/mol. The lowest BCUT2D eigenvalue weighted by Crippen LogP contribution is -2.26. The van der Waals surface area contributed by atoms with Crippen molar-refractivity contribution in [2.24, 2.45) is 0 Å². The molecule has 1 aromatic heterocycles. The van der Waals surface area contributed by atoms with Gasteiger partial charge >= 0.3 is 0 Å². The molecule has 0 amide bonds. The molecule has 0 spiro atoms. The van der Waals surface area contributed by atoms with Gasteiger partial charge in [-0.1, -0.05) is 48.5 Å². The normalized spacial score (nSPS) is 12.0. The van der Waals surface area contributed by atoms with Crippen LogP contribution in [0.3, 0.4) is 0 Å². The third-order valence-electron chi connectivity index (χ3n) is 3.37. The zero-order valence-corrected chi connectivity index (χ0v) is 13.0. The van der Waals surface area contributed by atoms with Crippen molar-refractivity contribution >= 4 is 11.3 Å². The van der Waals surface area contributed by atoms with E-state index in [1.54, 1.807) is 11.3 Å². The molecule has 3 rings (SSSR count). The van der Waals surface area contributed by atoms with Crippen molar-refractivity contribution in [2.75, 3.05) is 6.61 Å². The summed E-state index contributed by atoms with van der Waals surface area (Å²) in [5.74, 6) is 0.888. The van der Waals surface area contributed by atoms with E-state index >= 15 is 0 Å². The van der Waals surface area contributed by atoms with E-state index in [2.05, 4.69) is 39.9 Å². The molecule has 22 heavy (non-hydrogen) atoms. The van der Waals surface area contributed by atoms with Crippen LogP contribution in [0.15, 0.2) is 71.6 Å². The number of benzene rings is 2. The van der Waals surface area contributed by atoms with Crippen molar-refractivity contribution in [1.29, 1.82) is 0 Å². The van der Waals surface area contributed by atoms with Gasteiger partial charge in [0.2, 0.25) is 0 Å². The highest BCUT2D eigenvalue weighted by Crippen LogP contribution is 2.17. The third-order valence-corrected chi connectivity index (χ3v) is 4.01. The molecule has 0 bridgehead atoms. The maximum absolute atomic E-state index is 5.91. The van der Waals surface area contributed by atoms with Crippen LogP contribution >= 0.6 is 11.3 Å². The average Bonchev–Trinajstić information content (AvgIpc) is 3.10. The molecule has 3 nitrogen and oxygen atoms in total. The largest absolute Gasteiger partial charge is 0.492 e. The minimum atomic E-state index is 0.128. The van der Waals surface area contributed by atoms with E-state index < -0.39 is 0 Å². The standard InChI is InChI=1S/C18H18N2OS/c1-3-7-15(8-4-1)18(19-11-16-13-22-14-20-16)12-21-17-9-5-2-6-10-17/h1-10,13-14,18-19H,11-12H2/t18-/m1/s1. The molecule has 0 saturated heterocycles. The zero-order valence-electron chi connectivity index (χ0n) is 12.2. The fourth-order valence-corrected chi connectivity index (χ4v) is 2.77. The quantitative estimate of drug-likeness (QED) is 0.715. The molecule has 1 heterocycles. The molecular formula is C18H18N2OS. The van der Waals surface area contributed by atoms with Crippen molar-refractivity contribution in [2.45, 2.75) is 12.6 Å². The van der Waals surface area contributed by atoms with Gasteiger partial charge in [0.05, 0.1) is 17.2 Å². The summed E-state index contributed by atoms with van der Waals surface area (Å²) in [5, 5.41) is 5.59. The number of thiazole rings is 1. The molecule has 1 N–H and O–H groups in total. The number of ether oxygens (including phenoxy) is 1. The molecule has 0 aliphatic rings. The molecule has 0 unspecified atom stereocenters. The van der Waals surface area contributed by atoms with E-state index in [0.29, 0.717) is 6.61 Å². The van der Waals surface area contributed by atoms with Crippen molar-refractivity contribution in [3.63, 3.8) is 0 Å². The van der Waals surface area contributed by atoms with Gasteiger partial charge in [0.15, 0.2) is 0 Å². The maximum atomic E-state index is 5.91. The lowest BCUT2D eigenvalue weighted by molar-refractivity contribution is 0.265. The summed E-state index contributed by atoms with van der Waals surface area (Å²) in [7, 11) is 0. The summed E-state index contributed by atoms with van der Waals surface area (Å²) in [6, 6.07) is 20.4. The summed E-state index contributed by atoms with van der Waals surface area (Å²) in [5.41, 5.74) is 4.13. The molecule has 2 aromatic carbocycles. The van der Waals surface area contributed by atoms with Crippen molar-refractivity contribution < 1.29 is 4.74 Å². The fourth-order valence-electron chi connectivity index (χ4n) is 2.21. The minimum absolute atomic E-state index is 0.128. The van der Waals surface area contributed by atoms with E-state index in [1.165, 1.54) is 5.56 Å². The van der Waals surface area contributed by atoms with E-state index in [-0.39, 0.29) is 6.04 Å². The molecule has 1 atom stereocenters. The number of para-hydroxylation sites is 1. The van der Waals surface area contributed by atoms with Gasteiger partial charge in [-0.2, -0.15) is 0 Å². The summed E-state index contributed by atoms with van der Waals surface area (Å²) in [6.45, 7) is 1.32. The highest BCUT2D eigenvalue weighted by Gasteiger charge is 2.12. The van der Waals surface area contributed by atoms with E-state index in [1.807, 2.05) is 41.9 Å². The Morgan fingerprint density at radius 3 is 2.41 bits per heavy atom. The second-order valence-electron chi connectivity index (χ2n) is 4.95. The van der Waals surface area contributed by atoms with Crippen molar-refractivity contribution in [3.05, 3.63) is 82.8 Å². The Bertz CT molecular complexity index is 656. The number of nitrogens with one attached hydrogen (secondary N) is 1. The Morgan fingerprint density at radius 1 is 1.00 bits per heavy atom. The predicted octanol–water partition coefficient (Wildman–Crippen LogP) is 4.05. The number of aromatic nitrogens is 1. The number of nitrogens with zero attached hydrogens (tertiary/aromatic N) is 1. The summed E-state index contributed by atoms with van der Waals surface area (Å²) in [4.78, 5) is 4.32. The van der Waals surface area contributed by atoms with Crippen LogP contribution in [0.1, 0.15) is 17.3 Å². The van der Waals surface area contributed by atoms with E-state index in [0.717, 1.165) is 18.0 Å². The Labute approximate surface area is 134 Å². The van der Waals surface area contributed by atoms with Crippen LogP contribution in [0.5, 0.6) is 5.75 Å². The number of hydrogen-bond donors (Lipinski definition) is 1. The fraction of sp³-hybridized carbons (Fsp3) is 0.167. The molecule has 3 aromatic rings. The van der Waals surface area contributed by atoms with Crippen LogP contribution in [0.2, 0.25) is 0 Å². The van der Waals surface area contributed by atoms with Gasteiger partial charge in [0.1, 0.15) is 12.4 Å². The van der Waals surface area contributed by atoms with Crippen LogP contribution < -0.4 is 10.1 Å². The summed E-state index contributed by atoms with van der Waals surface area (Å²) in [6.07, 6.45) is 0. The predicted molar refractivity (Wildman–Crippen MR) is 90.1 cm³/mol. The Kier molecular flexibility index (Phi) is 5.18. The second kappa shape index (κ2) is 7.73. The topological polar surface area (TPSA) is 34.1 Å². The molecule has 0 saturated carbocycles. The molecule has 0 fully saturated rings. The summed E-state index contributed by atoms with van der Waals surface area (Å²) < 4.78 is 5.91. The average molecular weight is 310 g/mol. The minimum Gasteiger partial charge on any atom is -0.492 e. The molecule has 4 heteroatoms. The van der Waals surface area contributed by atoms with Gasteiger partial charge in [-0.15, -0.1) is 11.3 Å². The van der Waals surface area contributed by atoms with Crippen LogP contribution in [-0.2, 0) is 6.54 Å². The van der Waals surface area contributed by atoms with Gasteiger partial charge in [-0.25, -0.2) is 4.98 Å². The molecule has 112 valence electrons. The Morgan fingerprint density at radius 2 is 1.73 bits per heavy atom. The van der Waals surface area contributed by atoms with Gasteiger partial charge in [0.25, 0.3) is 0 Å². The third kappa shape index (κ3) is 4.16.